The number of esters is 1. The number of rotatable bonds is 4. The van der Waals surface area contributed by atoms with E-state index in [1.54, 1.807) is 32.0 Å². The molecule has 6 nitrogen and oxygen atoms in total. The number of hydrogen-bond donors (Lipinski definition) is 1. The van der Waals surface area contributed by atoms with Crippen LogP contribution in [-0.2, 0) is 4.74 Å². The fourth-order valence-electron chi connectivity index (χ4n) is 1.38. The van der Waals surface area contributed by atoms with E-state index in [2.05, 4.69) is 10.2 Å². The van der Waals surface area contributed by atoms with E-state index in [1.165, 1.54) is 11.8 Å². The molecule has 0 amide bonds. The number of nitrogens with two attached hydrogens (primary N) is 1. The Morgan fingerprint density at radius 1 is 1.47 bits per heavy atom. The number of hydrogen-bond acceptors (Lipinski definition) is 7. The fourth-order valence-corrected chi connectivity index (χ4v) is 2.18. The summed E-state index contributed by atoms with van der Waals surface area (Å²) in [6, 6.07) is 4.92. The summed E-state index contributed by atoms with van der Waals surface area (Å²) in [6.07, 6.45) is 0. The normalized spacial score (nSPS) is 10.4. The van der Waals surface area contributed by atoms with Gasteiger partial charge in [-0.05, 0) is 36.9 Å². The topological polar surface area (TPSA) is 91.2 Å². The van der Waals surface area contributed by atoms with E-state index >= 15 is 0 Å². The quantitative estimate of drug-likeness (QED) is 0.678. The second-order valence-corrected chi connectivity index (χ2v) is 4.66. The molecule has 0 radical (unpaired) electrons. The SMILES string of the molecule is CCOC(=O)c1ccc(N)c(Sc2nnc(C)o2)c1. The van der Waals surface area contributed by atoms with Crippen molar-refractivity contribution in [3.05, 3.63) is 29.7 Å². The predicted molar refractivity (Wildman–Crippen MR) is 70.0 cm³/mol. The molecule has 0 saturated carbocycles. The zero-order valence-electron chi connectivity index (χ0n) is 10.5. The van der Waals surface area contributed by atoms with Gasteiger partial charge in [0.25, 0.3) is 5.22 Å². The Morgan fingerprint density at radius 2 is 2.26 bits per heavy atom. The average molecular weight is 279 g/mol. The van der Waals surface area contributed by atoms with Gasteiger partial charge in [0, 0.05) is 17.5 Å². The first kappa shape index (κ1) is 13.4. The van der Waals surface area contributed by atoms with Crippen LogP contribution in [-0.4, -0.2) is 22.8 Å². The average Bonchev–Trinajstić information content (AvgIpc) is 2.78. The summed E-state index contributed by atoms with van der Waals surface area (Å²) in [6.45, 7) is 3.79. The lowest BCUT2D eigenvalue weighted by atomic mass is 10.2. The van der Waals surface area contributed by atoms with Gasteiger partial charge in [-0.15, -0.1) is 10.2 Å². The number of nitrogen functional groups attached to an aromatic ring is 1. The molecule has 0 aliphatic heterocycles. The first-order valence-electron chi connectivity index (χ1n) is 5.64. The van der Waals surface area contributed by atoms with Crippen LogP contribution in [0.2, 0.25) is 0 Å². The Kier molecular flexibility index (Phi) is 4.06. The highest BCUT2D eigenvalue weighted by Crippen LogP contribution is 2.32. The summed E-state index contributed by atoms with van der Waals surface area (Å²) in [5.74, 6) is 0.0914. The molecule has 2 rings (SSSR count). The largest absolute Gasteiger partial charge is 0.462 e. The van der Waals surface area contributed by atoms with Gasteiger partial charge in [0.1, 0.15) is 0 Å². The molecule has 0 spiro atoms. The summed E-state index contributed by atoms with van der Waals surface area (Å²) in [4.78, 5) is 12.3. The molecule has 0 aliphatic rings. The van der Waals surface area contributed by atoms with E-state index < -0.39 is 0 Å². The lowest BCUT2D eigenvalue weighted by molar-refractivity contribution is 0.0526. The smallest absolute Gasteiger partial charge is 0.338 e. The Morgan fingerprint density at radius 3 is 2.89 bits per heavy atom. The van der Waals surface area contributed by atoms with E-state index in [4.69, 9.17) is 14.9 Å². The van der Waals surface area contributed by atoms with Crippen molar-refractivity contribution < 1.29 is 13.9 Å². The Bertz CT molecular complexity index is 598. The minimum atomic E-state index is -0.383. The Hall–Kier alpha value is -2.02. The van der Waals surface area contributed by atoms with Crippen LogP contribution in [0.25, 0.3) is 0 Å². The van der Waals surface area contributed by atoms with Gasteiger partial charge in [-0.1, -0.05) is 0 Å². The van der Waals surface area contributed by atoms with Crippen LogP contribution >= 0.6 is 11.8 Å². The number of nitrogens with zero attached hydrogens (tertiary/aromatic N) is 2. The zero-order valence-corrected chi connectivity index (χ0v) is 11.4. The number of anilines is 1. The summed E-state index contributed by atoms with van der Waals surface area (Å²) >= 11 is 1.21. The van der Waals surface area contributed by atoms with Crippen molar-refractivity contribution in [1.29, 1.82) is 0 Å². The van der Waals surface area contributed by atoms with E-state index in [0.717, 1.165) is 0 Å². The fraction of sp³-hybridized carbons (Fsp3) is 0.250. The molecule has 0 atom stereocenters. The van der Waals surface area contributed by atoms with Crippen LogP contribution in [0.4, 0.5) is 5.69 Å². The lowest BCUT2D eigenvalue weighted by Gasteiger charge is -2.06. The first-order valence-corrected chi connectivity index (χ1v) is 6.46. The van der Waals surface area contributed by atoms with E-state index in [9.17, 15) is 4.79 Å². The first-order chi connectivity index (χ1) is 9.10. The van der Waals surface area contributed by atoms with Gasteiger partial charge in [0.2, 0.25) is 5.89 Å². The van der Waals surface area contributed by atoms with Gasteiger partial charge < -0.3 is 14.9 Å². The van der Waals surface area contributed by atoms with Crippen molar-refractivity contribution in [2.45, 2.75) is 24.0 Å². The van der Waals surface area contributed by atoms with Crippen molar-refractivity contribution >= 4 is 23.4 Å². The molecule has 7 heteroatoms. The van der Waals surface area contributed by atoms with Crippen LogP contribution in [0.3, 0.4) is 0 Å². The Labute approximate surface area is 114 Å². The number of ether oxygens (including phenoxy) is 1. The monoisotopic (exact) mass is 279 g/mol. The minimum Gasteiger partial charge on any atom is -0.462 e. The maximum Gasteiger partial charge on any atom is 0.338 e. The highest BCUT2D eigenvalue weighted by atomic mass is 32.2. The van der Waals surface area contributed by atoms with Crippen LogP contribution in [0, 0.1) is 6.92 Å². The Balaban J connectivity index is 2.24. The third-order valence-corrected chi connectivity index (χ3v) is 3.14. The van der Waals surface area contributed by atoms with Crippen LogP contribution in [0.1, 0.15) is 23.2 Å². The van der Waals surface area contributed by atoms with Gasteiger partial charge in [0.15, 0.2) is 0 Å². The van der Waals surface area contributed by atoms with Crippen molar-refractivity contribution in [1.82, 2.24) is 10.2 Å². The second kappa shape index (κ2) is 5.75. The number of aromatic nitrogens is 2. The number of aryl methyl sites for hydroxylation is 1. The van der Waals surface area contributed by atoms with Gasteiger partial charge in [-0.3, -0.25) is 0 Å². The van der Waals surface area contributed by atoms with Crippen LogP contribution in [0.5, 0.6) is 0 Å². The molecule has 1 aromatic carbocycles. The molecule has 0 saturated heterocycles. The maximum atomic E-state index is 11.6. The molecular weight excluding hydrogens is 266 g/mol. The molecular formula is C12H13N3O3S. The molecule has 0 bridgehead atoms. The maximum absolute atomic E-state index is 11.6. The number of carbonyl (C=O) groups is 1. The third kappa shape index (κ3) is 3.25. The van der Waals surface area contributed by atoms with Crippen molar-refractivity contribution in [3.8, 4) is 0 Å². The second-order valence-electron chi connectivity index (χ2n) is 3.66. The number of carbonyl (C=O) groups excluding carboxylic acids is 1. The van der Waals surface area contributed by atoms with Gasteiger partial charge in [0.05, 0.1) is 12.2 Å². The minimum absolute atomic E-state index is 0.328. The molecule has 19 heavy (non-hydrogen) atoms. The van der Waals surface area contributed by atoms with Crippen LogP contribution in [0.15, 0.2) is 32.7 Å². The molecule has 0 fully saturated rings. The standard InChI is InChI=1S/C12H13N3O3S/c1-3-17-11(16)8-4-5-9(13)10(6-8)19-12-15-14-7(2)18-12/h4-6H,3,13H2,1-2H3. The molecule has 0 aliphatic carbocycles. The van der Waals surface area contributed by atoms with Crippen molar-refractivity contribution in [2.24, 2.45) is 0 Å². The highest BCUT2D eigenvalue weighted by molar-refractivity contribution is 7.99. The van der Waals surface area contributed by atoms with Crippen molar-refractivity contribution in [2.75, 3.05) is 12.3 Å². The van der Waals surface area contributed by atoms with Crippen LogP contribution < -0.4 is 5.73 Å². The van der Waals surface area contributed by atoms with E-state index in [-0.39, 0.29) is 5.97 Å². The summed E-state index contributed by atoms with van der Waals surface area (Å²) in [5.41, 5.74) is 6.83. The number of benzene rings is 1. The lowest BCUT2D eigenvalue weighted by Crippen LogP contribution is -2.05. The van der Waals surface area contributed by atoms with Gasteiger partial charge in [-0.25, -0.2) is 4.79 Å². The summed E-state index contributed by atoms with van der Waals surface area (Å²) in [5, 5.41) is 7.98. The highest BCUT2D eigenvalue weighted by Gasteiger charge is 2.12. The zero-order chi connectivity index (χ0) is 13.8. The molecule has 1 heterocycles. The van der Waals surface area contributed by atoms with Gasteiger partial charge in [-0.2, -0.15) is 0 Å². The van der Waals surface area contributed by atoms with E-state index in [1.807, 2.05) is 0 Å². The molecule has 100 valence electrons. The third-order valence-electron chi connectivity index (χ3n) is 2.23. The molecule has 2 aromatic rings. The predicted octanol–water partition coefficient (Wildman–Crippen LogP) is 2.29. The summed E-state index contributed by atoms with van der Waals surface area (Å²) < 4.78 is 10.2. The van der Waals surface area contributed by atoms with Crippen molar-refractivity contribution in [3.63, 3.8) is 0 Å². The summed E-state index contributed by atoms with van der Waals surface area (Å²) in [7, 11) is 0. The van der Waals surface area contributed by atoms with Gasteiger partial charge >= 0.3 is 5.97 Å². The molecule has 2 N–H and O–H groups in total. The van der Waals surface area contributed by atoms with E-state index in [0.29, 0.717) is 33.9 Å². The molecule has 1 aromatic heterocycles. The molecule has 0 unspecified atom stereocenters.